The highest BCUT2D eigenvalue weighted by Gasteiger charge is 2.25. The van der Waals surface area contributed by atoms with Crippen molar-refractivity contribution in [1.29, 1.82) is 0 Å². The molecule has 0 aliphatic carbocycles. The average molecular weight is 447 g/mol. The van der Waals surface area contributed by atoms with Gasteiger partial charge < -0.3 is 19.7 Å². The van der Waals surface area contributed by atoms with E-state index in [-0.39, 0.29) is 17.2 Å². The minimum Gasteiger partial charge on any atom is -0.497 e. The predicted molar refractivity (Wildman–Crippen MR) is 125 cm³/mol. The Kier molecular flexibility index (Phi) is 6.85. The summed E-state index contributed by atoms with van der Waals surface area (Å²) in [5, 5.41) is 14.5. The highest BCUT2D eigenvalue weighted by molar-refractivity contribution is 6.01. The number of carbonyl (C=O) groups excluding carboxylic acids is 1. The van der Waals surface area contributed by atoms with Gasteiger partial charge >= 0.3 is 0 Å². The summed E-state index contributed by atoms with van der Waals surface area (Å²) in [6.45, 7) is 2.30. The van der Waals surface area contributed by atoms with Crippen LogP contribution >= 0.6 is 0 Å². The molecular weight excluding hydrogens is 422 g/mol. The summed E-state index contributed by atoms with van der Waals surface area (Å²) in [5.74, 6) is 0.329. The number of methoxy groups -OCH3 is 1. The molecule has 1 fully saturated rings. The first-order valence-corrected chi connectivity index (χ1v) is 10.7. The van der Waals surface area contributed by atoms with Crippen molar-refractivity contribution in [3.05, 3.63) is 99.6 Å². The number of nitrogens with one attached hydrogen (secondary N) is 1. The van der Waals surface area contributed by atoms with Crippen LogP contribution in [0.3, 0.4) is 0 Å². The maximum Gasteiger partial charge on any atom is 0.270 e. The van der Waals surface area contributed by atoms with Crippen molar-refractivity contribution >= 4 is 17.3 Å². The number of carbonyl (C=O) groups is 1. The van der Waals surface area contributed by atoms with Crippen LogP contribution in [0.2, 0.25) is 0 Å². The lowest BCUT2D eigenvalue weighted by Crippen LogP contribution is -2.38. The van der Waals surface area contributed by atoms with Gasteiger partial charge in [0.25, 0.3) is 11.6 Å². The van der Waals surface area contributed by atoms with Crippen molar-refractivity contribution < 1.29 is 19.2 Å². The first kappa shape index (κ1) is 22.3. The topological polar surface area (TPSA) is 93.9 Å². The first-order chi connectivity index (χ1) is 16.1. The van der Waals surface area contributed by atoms with Gasteiger partial charge in [0.05, 0.1) is 42.5 Å². The number of benzene rings is 3. The summed E-state index contributed by atoms with van der Waals surface area (Å²) in [7, 11) is 1.60. The zero-order valence-electron chi connectivity index (χ0n) is 18.3. The number of hydrogen-bond acceptors (Lipinski definition) is 6. The second-order valence-electron chi connectivity index (χ2n) is 7.65. The smallest absolute Gasteiger partial charge is 0.270 e. The van der Waals surface area contributed by atoms with Crippen molar-refractivity contribution in [3.8, 4) is 5.75 Å². The number of nitro groups is 1. The summed E-state index contributed by atoms with van der Waals surface area (Å²) in [5.41, 5.74) is 2.56. The zero-order chi connectivity index (χ0) is 23.2. The van der Waals surface area contributed by atoms with Crippen molar-refractivity contribution in [2.45, 2.75) is 6.04 Å². The molecule has 1 heterocycles. The van der Waals surface area contributed by atoms with Gasteiger partial charge in [-0.1, -0.05) is 42.5 Å². The van der Waals surface area contributed by atoms with E-state index in [1.54, 1.807) is 13.2 Å². The lowest BCUT2D eigenvalue weighted by molar-refractivity contribution is -0.384. The maximum absolute atomic E-state index is 13.5. The molecule has 1 N–H and O–H groups in total. The van der Waals surface area contributed by atoms with Crippen LogP contribution in [0.4, 0.5) is 11.4 Å². The number of rotatable bonds is 7. The Morgan fingerprint density at radius 1 is 1.03 bits per heavy atom. The van der Waals surface area contributed by atoms with Crippen LogP contribution < -0.4 is 15.0 Å². The molecule has 33 heavy (non-hydrogen) atoms. The van der Waals surface area contributed by atoms with Gasteiger partial charge in [-0.3, -0.25) is 14.9 Å². The van der Waals surface area contributed by atoms with Crippen LogP contribution in [0, 0.1) is 10.1 Å². The highest BCUT2D eigenvalue weighted by atomic mass is 16.6. The van der Waals surface area contributed by atoms with Gasteiger partial charge in [0, 0.05) is 25.2 Å². The summed E-state index contributed by atoms with van der Waals surface area (Å²) in [4.78, 5) is 26.5. The first-order valence-electron chi connectivity index (χ1n) is 10.7. The summed E-state index contributed by atoms with van der Waals surface area (Å²) in [6.07, 6.45) is 0. The fourth-order valence-corrected chi connectivity index (χ4v) is 3.91. The van der Waals surface area contributed by atoms with E-state index in [1.165, 1.54) is 12.1 Å². The van der Waals surface area contributed by atoms with Gasteiger partial charge in [0.1, 0.15) is 5.75 Å². The van der Waals surface area contributed by atoms with Crippen LogP contribution in [-0.2, 0) is 4.74 Å². The monoisotopic (exact) mass is 447 g/mol. The van der Waals surface area contributed by atoms with E-state index in [4.69, 9.17) is 9.47 Å². The number of ether oxygens (including phenoxy) is 2. The molecule has 0 bridgehead atoms. The molecule has 0 spiro atoms. The Morgan fingerprint density at radius 2 is 1.70 bits per heavy atom. The molecule has 170 valence electrons. The number of morpholine rings is 1. The summed E-state index contributed by atoms with van der Waals surface area (Å²) >= 11 is 0. The van der Waals surface area contributed by atoms with Crippen LogP contribution in [0.1, 0.15) is 27.5 Å². The maximum atomic E-state index is 13.5. The number of nitrogens with zero attached hydrogens (tertiary/aromatic N) is 2. The van der Waals surface area contributed by atoms with E-state index >= 15 is 0 Å². The molecule has 0 saturated carbocycles. The molecule has 8 heteroatoms. The molecule has 8 nitrogen and oxygen atoms in total. The molecule has 4 rings (SSSR count). The number of anilines is 1. The van der Waals surface area contributed by atoms with E-state index in [1.807, 2.05) is 59.5 Å². The van der Waals surface area contributed by atoms with Gasteiger partial charge in [0.2, 0.25) is 0 Å². The molecular formula is C25H25N3O5. The van der Waals surface area contributed by atoms with Crippen LogP contribution in [0.5, 0.6) is 5.75 Å². The molecule has 3 aromatic carbocycles. The third-order valence-electron chi connectivity index (χ3n) is 5.64. The van der Waals surface area contributed by atoms with Gasteiger partial charge in [0.15, 0.2) is 0 Å². The van der Waals surface area contributed by atoms with Gasteiger partial charge in [-0.25, -0.2) is 0 Å². The fourth-order valence-electron chi connectivity index (χ4n) is 3.91. The Balaban J connectivity index is 1.71. The molecule has 1 atom stereocenters. The normalized spacial score (nSPS) is 14.4. The Hall–Kier alpha value is -3.91. The van der Waals surface area contributed by atoms with Gasteiger partial charge in [-0.05, 0) is 29.3 Å². The Labute approximate surface area is 191 Å². The SMILES string of the molecule is COc1ccc(C(NC(=O)c2cc([N+](=O)[O-])ccc2N2CCOCC2)c2ccccc2)cc1. The van der Waals surface area contributed by atoms with Crippen molar-refractivity contribution in [3.63, 3.8) is 0 Å². The average Bonchev–Trinajstić information content (AvgIpc) is 2.88. The fraction of sp³-hybridized carbons (Fsp3) is 0.240. The van der Waals surface area contributed by atoms with Gasteiger partial charge in [-0.15, -0.1) is 0 Å². The standard InChI is InChI=1S/C25H25N3O5/c1-32-21-10-7-19(8-11-21)24(18-5-3-2-4-6-18)26-25(29)22-17-20(28(30)31)9-12-23(22)27-13-15-33-16-14-27/h2-12,17,24H,13-16H2,1H3,(H,26,29). The Bertz CT molecular complexity index is 1110. The van der Waals surface area contributed by atoms with E-state index in [9.17, 15) is 14.9 Å². The molecule has 1 amide bonds. The van der Waals surface area contributed by atoms with Crippen molar-refractivity contribution in [1.82, 2.24) is 5.32 Å². The second kappa shape index (κ2) is 10.1. The molecule has 1 unspecified atom stereocenters. The summed E-state index contributed by atoms with van der Waals surface area (Å²) in [6, 6.07) is 21.0. The minimum atomic E-state index is -0.488. The van der Waals surface area contributed by atoms with Crippen LogP contribution in [0.25, 0.3) is 0 Å². The molecule has 3 aromatic rings. The van der Waals surface area contributed by atoms with Crippen molar-refractivity contribution in [2.75, 3.05) is 38.3 Å². The van der Waals surface area contributed by atoms with Crippen LogP contribution in [0.15, 0.2) is 72.8 Å². The molecule has 1 aliphatic rings. The lowest BCUT2D eigenvalue weighted by Gasteiger charge is -2.30. The largest absolute Gasteiger partial charge is 0.497 e. The minimum absolute atomic E-state index is 0.127. The third-order valence-corrected chi connectivity index (χ3v) is 5.64. The number of amides is 1. The van der Waals surface area contributed by atoms with E-state index < -0.39 is 11.0 Å². The van der Waals surface area contributed by atoms with E-state index in [0.29, 0.717) is 37.7 Å². The lowest BCUT2D eigenvalue weighted by atomic mass is 9.97. The second-order valence-corrected chi connectivity index (χ2v) is 7.65. The Morgan fingerprint density at radius 3 is 2.33 bits per heavy atom. The number of hydrogen-bond donors (Lipinski definition) is 1. The van der Waals surface area contributed by atoms with Crippen molar-refractivity contribution in [2.24, 2.45) is 0 Å². The molecule has 0 aromatic heterocycles. The quantitative estimate of drug-likeness (QED) is 0.435. The summed E-state index contributed by atoms with van der Waals surface area (Å²) < 4.78 is 10.7. The predicted octanol–water partition coefficient (Wildman–Crippen LogP) is 3.96. The highest BCUT2D eigenvalue weighted by Crippen LogP contribution is 2.29. The molecule has 1 saturated heterocycles. The van der Waals surface area contributed by atoms with Crippen LogP contribution in [-0.4, -0.2) is 44.2 Å². The zero-order valence-corrected chi connectivity index (χ0v) is 18.3. The molecule has 0 radical (unpaired) electrons. The van der Waals surface area contributed by atoms with E-state index in [0.717, 1.165) is 11.1 Å². The third kappa shape index (κ3) is 5.12. The number of non-ortho nitro benzene ring substituents is 1. The van der Waals surface area contributed by atoms with Gasteiger partial charge in [-0.2, -0.15) is 0 Å². The number of nitro benzene ring substituents is 1. The van der Waals surface area contributed by atoms with E-state index in [2.05, 4.69) is 5.32 Å². The molecule has 1 aliphatic heterocycles.